The zero-order chi connectivity index (χ0) is 32.2. The molecule has 0 amide bonds. The molecule has 6 nitrogen and oxygen atoms in total. The molecular weight excluding hydrogens is 564 g/mol. The van der Waals surface area contributed by atoms with Crippen LogP contribution in [0.3, 0.4) is 0 Å². The summed E-state index contributed by atoms with van der Waals surface area (Å²) in [6.07, 6.45) is 14.5. The van der Waals surface area contributed by atoms with Crippen LogP contribution in [0.25, 0.3) is 0 Å². The molecule has 3 saturated carbocycles. The minimum absolute atomic E-state index is 0.134. The average Bonchev–Trinajstić information content (AvgIpc) is 3.70. The number of aliphatic hydroxyl groups is 2. The van der Waals surface area contributed by atoms with Gasteiger partial charge in [0.1, 0.15) is 12.7 Å². The van der Waals surface area contributed by atoms with E-state index in [1.165, 1.54) is 25.3 Å². The fraction of sp³-hybridized carbons (Fsp3) is 0.744. The summed E-state index contributed by atoms with van der Waals surface area (Å²) in [5, 5.41) is 25.5. The zero-order valence-electron chi connectivity index (χ0n) is 28.3. The standard InChI is InChI=1S/C39H58O6/c1-27(12-10-16-30-14-6-5-7-15-30)13-11-21-38-34(41)20-22-37(4,32-17-8-9-18-32)36(38)33(45-29(3)40)24-28(2)39(38,43)23-19-31-25-35(42)44-26-31/h5-7,14-15,25,27-28,32-34,36,41,43H,8-13,16-24,26H2,1-4H3/t27-,28-,33-,34+,36+,37+,38+,39-/m1/s1. The van der Waals surface area contributed by atoms with Gasteiger partial charge in [-0.15, -0.1) is 0 Å². The van der Waals surface area contributed by atoms with E-state index in [0.717, 1.165) is 56.9 Å². The number of aliphatic hydroxyl groups excluding tert-OH is 1. The summed E-state index contributed by atoms with van der Waals surface area (Å²) >= 11 is 0. The van der Waals surface area contributed by atoms with Gasteiger partial charge in [0.05, 0.1) is 11.7 Å². The van der Waals surface area contributed by atoms with Gasteiger partial charge in [0.25, 0.3) is 0 Å². The highest BCUT2D eigenvalue weighted by molar-refractivity contribution is 5.85. The van der Waals surface area contributed by atoms with Gasteiger partial charge in [-0.2, -0.15) is 0 Å². The number of carbonyl (C=O) groups excluding carboxylic acids is 2. The van der Waals surface area contributed by atoms with Crippen LogP contribution in [0, 0.1) is 34.5 Å². The molecule has 2 N–H and O–H groups in total. The number of carbonyl (C=O) groups is 2. The van der Waals surface area contributed by atoms with Crippen LogP contribution in [0.5, 0.6) is 0 Å². The van der Waals surface area contributed by atoms with E-state index in [2.05, 4.69) is 51.1 Å². The van der Waals surface area contributed by atoms with Crippen LogP contribution in [0.4, 0.5) is 0 Å². The summed E-state index contributed by atoms with van der Waals surface area (Å²) in [6, 6.07) is 10.7. The lowest BCUT2D eigenvalue weighted by atomic mass is 9.38. The molecule has 1 aromatic carbocycles. The fourth-order valence-electron chi connectivity index (χ4n) is 10.6. The van der Waals surface area contributed by atoms with Crippen LogP contribution in [-0.4, -0.2) is 46.6 Å². The van der Waals surface area contributed by atoms with Crippen LogP contribution in [0.1, 0.15) is 123 Å². The number of rotatable bonds is 13. The number of aryl methyl sites for hydroxylation is 1. The lowest BCUT2D eigenvalue weighted by Crippen LogP contribution is -2.73. The Morgan fingerprint density at radius 2 is 1.78 bits per heavy atom. The maximum Gasteiger partial charge on any atom is 0.331 e. The Morgan fingerprint density at radius 3 is 2.44 bits per heavy atom. The number of ether oxygens (including phenoxy) is 2. The van der Waals surface area contributed by atoms with Crippen LogP contribution in [-0.2, 0) is 25.5 Å². The number of cyclic esters (lactones) is 1. The van der Waals surface area contributed by atoms with Gasteiger partial charge >= 0.3 is 11.9 Å². The van der Waals surface area contributed by atoms with Gasteiger partial charge in [0.2, 0.25) is 0 Å². The van der Waals surface area contributed by atoms with E-state index in [9.17, 15) is 19.8 Å². The third kappa shape index (κ3) is 6.93. The second kappa shape index (κ2) is 14.3. The smallest absolute Gasteiger partial charge is 0.331 e. The number of hydrogen-bond donors (Lipinski definition) is 2. The number of hydrogen-bond acceptors (Lipinski definition) is 6. The topological polar surface area (TPSA) is 93.1 Å². The van der Waals surface area contributed by atoms with Gasteiger partial charge in [-0.1, -0.05) is 83.2 Å². The van der Waals surface area contributed by atoms with Gasteiger partial charge in [-0.05, 0) is 98.5 Å². The quantitative estimate of drug-likeness (QED) is 0.219. The van der Waals surface area contributed by atoms with Crippen LogP contribution in [0.2, 0.25) is 0 Å². The van der Waals surface area contributed by atoms with E-state index in [0.29, 0.717) is 43.9 Å². The van der Waals surface area contributed by atoms with Gasteiger partial charge in [-0.25, -0.2) is 4.79 Å². The molecule has 45 heavy (non-hydrogen) atoms. The number of benzene rings is 1. The van der Waals surface area contributed by atoms with Crippen molar-refractivity contribution in [2.24, 2.45) is 34.5 Å². The summed E-state index contributed by atoms with van der Waals surface area (Å²) in [6.45, 7) is 8.58. The molecule has 0 spiro atoms. The van der Waals surface area contributed by atoms with Crippen molar-refractivity contribution < 1.29 is 29.3 Å². The third-order valence-corrected chi connectivity index (χ3v) is 12.8. The Hall–Kier alpha value is -2.18. The monoisotopic (exact) mass is 622 g/mol. The number of esters is 2. The molecule has 5 rings (SSSR count). The zero-order valence-corrected chi connectivity index (χ0v) is 28.3. The highest BCUT2D eigenvalue weighted by Crippen LogP contribution is 2.69. The molecular formula is C39H58O6. The van der Waals surface area contributed by atoms with Crippen molar-refractivity contribution in [1.82, 2.24) is 0 Å². The minimum Gasteiger partial charge on any atom is -0.462 e. The predicted molar refractivity (Wildman–Crippen MR) is 176 cm³/mol. The minimum atomic E-state index is -1.17. The summed E-state index contributed by atoms with van der Waals surface area (Å²) in [4.78, 5) is 24.5. The molecule has 0 radical (unpaired) electrons. The highest BCUT2D eigenvalue weighted by atomic mass is 16.5. The molecule has 3 aliphatic carbocycles. The predicted octanol–water partition coefficient (Wildman–Crippen LogP) is 7.74. The largest absolute Gasteiger partial charge is 0.462 e. The van der Waals surface area contributed by atoms with Crippen molar-refractivity contribution in [3.63, 3.8) is 0 Å². The lowest BCUT2D eigenvalue weighted by molar-refractivity contribution is -0.300. The van der Waals surface area contributed by atoms with Gasteiger partial charge in [-0.3, -0.25) is 4.79 Å². The molecule has 4 aliphatic rings. The second-order valence-electron chi connectivity index (χ2n) is 15.6. The maximum atomic E-state index is 13.2. The lowest BCUT2D eigenvalue weighted by Gasteiger charge is -2.69. The van der Waals surface area contributed by atoms with Crippen molar-refractivity contribution in [3.05, 3.63) is 47.5 Å². The Bertz CT molecular complexity index is 1190. The molecule has 250 valence electrons. The Balaban J connectivity index is 1.45. The third-order valence-electron chi connectivity index (χ3n) is 12.8. The molecule has 0 bridgehead atoms. The first-order chi connectivity index (χ1) is 21.5. The molecule has 6 heteroatoms. The second-order valence-corrected chi connectivity index (χ2v) is 15.6. The first-order valence-electron chi connectivity index (χ1n) is 18.0. The maximum absolute atomic E-state index is 13.2. The molecule has 0 unspecified atom stereocenters. The van der Waals surface area contributed by atoms with Gasteiger partial charge in [0.15, 0.2) is 0 Å². The fourth-order valence-corrected chi connectivity index (χ4v) is 10.6. The Labute approximate surface area is 271 Å². The summed E-state index contributed by atoms with van der Waals surface area (Å²) < 4.78 is 11.4. The first-order valence-corrected chi connectivity index (χ1v) is 18.0. The van der Waals surface area contributed by atoms with Crippen molar-refractivity contribution in [2.45, 2.75) is 142 Å². The number of fused-ring (bicyclic) bond motifs is 1. The van der Waals surface area contributed by atoms with Crippen LogP contribution < -0.4 is 0 Å². The summed E-state index contributed by atoms with van der Waals surface area (Å²) in [5.41, 5.74) is 0.165. The van der Waals surface area contributed by atoms with E-state index in [1.807, 2.05) is 0 Å². The van der Waals surface area contributed by atoms with Crippen molar-refractivity contribution in [2.75, 3.05) is 6.61 Å². The Morgan fingerprint density at radius 1 is 1.07 bits per heavy atom. The van der Waals surface area contributed by atoms with Crippen LogP contribution in [0.15, 0.2) is 42.0 Å². The normalized spacial score (nSPS) is 35.9. The summed E-state index contributed by atoms with van der Waals surface area (Å²) in [5.74, 6) is 0.121. The SMILES string of the molecule is CC(=O)O[C@@H]1C[C@@H](C)[C@](O)(CCC2=CC(=O)OC2)[C@]2(CCC[C@H](C)CCCc3ccccc3)[C@@H]1[C@](C)(C1CCCC1)CC[C@@H]2O. The van der Waals surface area contributed by atoms with Crippen molar-refractivity contribution >= 4 is 11.9 Å². The molecule has 1 aliphatic heterocycles. The van der Waals surface area contributed by atoms with Crippen LogP contribution >= 0.6 is 0 Å². The average molecular weight is 623 g/mol. The molecule has 0 aromatic heterocycles. The molecule has 1 aromatic rings. The van der Waals surface area contributed by atoms with E-state index in [-0.39, 0.29) is 41.9 Å². The van der Waals surface area contributed by atoms with Crippen molar-refractivity contribution in [3.8, 4) is 0 Å². The van der Waals surface area contributed by atoms with Crippen molar-refractivity contribution in [1.29, 1.82) is 0 Å². The van der Waals surface area contributed by atoms with E-state index < -0.39 is 17.1 Å². The van der Waals surface area contributed by atoms with Gasteiger partial charge < -0.3 is 19.7 Å². The summed E-state index contributed by atoms with van der Waals surface area (Å²) in [7, 11) is 0. The van der Waals surface area contributed by atoms with Gasteiger partial charge in [0, 0.05) is 24.3 Å². The molecule has 0 saturated heterocycles. The molecule has 8 atom stereocenters. The Kier molecular flexibility index (Phi) is 10.9. The molecule has 3 fully saturated rings. The first kappa shape index (κ1) is 34.2. The van der Waals surface area contributed by atoms with E-state index in [4.69, 9.17) is 9.47 Å². The van der Waals surface area contributed by atoms with E-state index in [1.54, 1.807) is 6.08 Å². The molecule has 1 heterocycles. The van der Waals surface area contributed by atoms with E-state index >= 15 is 0 Å². The highest BCUT2D eigenvalue weighted by Gasteiger charge is 2.71.